The van der Waals surface area contributed by atoms with Crippen LogP contribution >= 0.6 is 11.8 Å². The van der Waals surface area contributed by atoms with Crippen molar-refractivity contribution >= 4 is 17.9 Å². The topological polar surface area (TPSA) is 67.0 Å². The number of nitrogens with one attached hydrogen (secondary N) is 2. The number of amides is 1. The van der Waals surface area contributed by atoms with E-state index in [1.807, 2.05) is 30.3 Å². The van der Waals surface area contributed by atoms with Crippen LogP contribution in [0.5, 0.6) is 0 Å². The van der Waals surface area contributed by atoms with Crippen LogP contribution in [-0.2, 0) is 11.3 Å². The second-order valence-electron chi connectivity index (χ2n) is 4.08. The first-order valence-corrected chi connectivity index (χ1v) is 7.40. The highest BCUT2D eigenvalue weighted by molar-refractivity contribution is 7.99. The number of rotatable bonds is 7. The van der Waals surface area contributed by atoms with Crippen molar-refractivity contribution in [2.45, 2.75) is 18.2 Å². The van der Waals surface area contributed by atoms with Crippen molar-refractivity contribution in [2.75, 3.05) is 12.3 Å². The molecule has 0 atom stereocenters. The van der Waals surface area contributed by atoms with E-state index in [1.54, 1.807) is 24.2 Å². The fraction of sp³-hybridized carbons (Fsp3) is 0.286. The lowest BCUT2D eigenvalue weighted by Gasteiger charge is -2.06. The molecule has 0 spiro atoms. The minimum Gasteiger partial charge on any atom is -0.445 e. The van der Waals surface area contributed by atoms with Crippen LogP contribution in [0.25, 0.3) is 0 Å². The Hall–Kier alpha value is -1.95. The molecule has 0 aliphatic rings. The molecule has 5 nitrogen and oxygen atoms in total. The first-order valence-electron chi connectivity index (χ1n) is 6.41. The summed E-state index contributed by atoms with van der Waals surface area (Å²) in [7, 11) is 0. The third-order valence-electron chi connectivity index (χ3n) is 2.52. The first-order chi connectivity index (χ1) is 9.84. The molecule has 1 heterocycles. The van der Waals surface area contributed by atoms with Crippen LogP contribution in [0.15, 0.2) is 47.9 Å². The third-order valence-corrected chi connectivity index (χ3v) is 3.50. The maximum atomic E-state index is 11.4. The zero-order valence-electron chi connectivity index (χ0n) is 11.0. The Balaban J connectivity index is 1.52. The maximum absolute atomic E-state index is 11.4. The number of aromatic amines is 1. The number of thioether (sulfide) groups is 1. The number of hydrogen-bond acceptors (Lipinski definition) is 4. The Kier molecular flexibility index (Phi) is 5.98. The highest BCUT2D eigenvalue weighted by Crippen LogP contribution is 2.11. The molecule has 2 rings (SSSR count). The van der Waals surface area contributed by atoms with Gasteiger partial charge in [0, 0.05) is 24.7 Å². The van der Waals surface area contributed by atoms with Crippen LogP contribution in [0, 0.1) is 0 Å². The summed E-state index contributed by atoms with van der Waals surface area (Å²) in [5.41, 5.74) is 0.982. The molecule has 1 aromatic carbocycles. The predicted molar refractivity (Wildman–Crippen MR) is 78.6 cm³/mol. The van der Waals surface area contributed by atoms with E-state index in [9.17, 15) is 4.79 Å². The van der Waals surface area contributed by atoms with Gasteiger partial charge in [0.25, 0.3) is 0 Å². The molecule has 0 bridgehead atoms. The van der Waals surface area contributed by atoms with Crippen molar-refractivity contribution in [3.05, 3.63) is 48.3 Å². The fourth-order valence-electron chi connectivity index (χ4n) is 1.54. The number of carbonyl (C=O) groups excluding carboxylic acids is 1. The Morgan fingerprint density at radius 2 is 2.20 bits per heavy atom. The summed E-state index contributed by atoms with van der Waals surface area (Å²) in [5, 5.41) is 3.63. The van der Waals surface area contributed by atoms with Crippen molar-refractivity contribution in [3.63, 3.8) is 0 Å². The number of benzene rings is 1. The molecule has 0 aliphatic heterocycles. The Bertz CT molecular complexity index is 502. The number of nitrogens with zero attached hydrogens (tertiary/aromatic N) is 1. The molecule has 0 saturated carbocycles. The summed E-state index contributed by atoms with van der Waals surface area (Å²) in [6, 6.07) is 9.62. The quantitative estimate of drug-likeness (QED) is 0.608. The molecule has 1 amide bonds. The van der Waals surface area contributed by atoms with Gasteiger partial charge in [-0.2, -0.15) is 0 Å². The van der Waals surface area contributed by atoms with Crippen LogP contribution in [0.2, 0.25) is 0 Å². The van der Waals surface area contributed by atoms with Gasteiger partial charge in [-0.3, -0.25) is 0 Å². The highest BCUT2D eigenvalue weighted by Gasteiger charge is 2.02. The Labute approximate surface area is 122 Å². The van der Waals surface area contributed by atoms with E-state index in [1.165, 1.54) is 0 Å². The van der Waals surface area contributed by atoms with E-state index in [2.05, 4.69) is 15.3 Å². The van der Waals surface area contributed by atoms with Gasteiger partial charge in [0.1, 0.15) is 6.61 Å². The molecule has 2 N–H and O–H groups in total. The molecule has 20 heavy (non-hydrogen) atoms. The molecular weight excluding hydrogens is 274 g/mol. The molecule has 6 heteroatoms. The molecule has 0 unspecified atom stereocenters. The van der Waals surface area contributed by atoms with Gasteiger partial charge in [0.2, 0.25) is 0 Å². The number of H-pyrrole nitrogens is 1. The molecule has 2 aromatic rings. The molecule has 1 aromatic heterocycles. The normalized spacial score (nSPS) is 10.2. The predicted octanol–water partition coefficient (Wildman–Crippen LogP) is 2.82. The molecule has 0 saturated heterocycles. The Morgan fingerprint density at radius 1 is 1.35 bits per heavy atom. The van der Waals surface area contributed by atoms with E-state index in [0.29, 0.717) is 13.2 Å². The summed E-state index contributed by atoms with van der Waals surface area (Å²) in [5.74, 6) is 0.895. The van der Waals surface area contributed by atoms with Crippen LogP contribution < -0.4 is 5.32 Å². The van der Waals surface area contributed by atoms with Gasteiger partial charge in [0.05, 0.1) is 0 Å². The largest absolute Gasteiger partial charge is 0.445 e. The summed E-state index contributed by atoms with van der Waals surface area (Å²) in [6.45, 7) is 0.898. The highest BCUT2D eigenvalue weighted by atomic mass is 32.2. The van der Waals surface area contributed by atoms with Gasteiger partial charge in [-0.25, -0.2) is 9.78 Å². The van der Waals surface area contributed by atoms with Crippen LogP contribution in [0.1, 0.15) is 12.0 Å². The average molecular weight is 291 g/mol. The SMILES string of the molecule is O=C(NCCCSc1ncc[nH]1)OCc1ccccc1. The monoisotopic (exact) mass is 291 g/mol. The summed E-state index contributed by atoms with van der Waals surface area (Å²) in [4.78, 5) is 18.6. The molecule has 0 aliphatic carbocycles. The second kappa shape index (κ2) is 8.27. The van der Waals surface area contributed by atoms with Crippen molar-refractivity contribution < 1.29 is 9.53 Å². The number of carbonyl (C=O) groups is 1. The fourth-order valence-corrected chi connectivity index (χ4v) is 2.30. The van der Waals surface area contributed by atoms with Crippen molar-refractivity contribution in [2.24, 2.45) is 0 Å². The Morgan fingerprint density at radius 3 is 2.95 bits per heavy atom. The van der Waals surface area contributed by atoms with Gasteiger partial charge >= 0.3 is 6.09 Å². The lowest BCUT2D eigenvalue weighted by Crippen LogP contribution is -2.25. The summed E-state index contributed by atoms with van der Waals surface area (Å²) >= 11 is 1.63. The van der Waals surface area contributed by atoms with Crippen molar-refractivity contribution in [1.29, 1.82) is 0 Å². The number of alkyl carbamates (subject to hydrolysis) is 1. The van der Waals surface area contributed by atoms with Gasteiger partial charge in [-0.1, -0.05) is 42.1 Å². The van der Waals surface area contributed by atoms with Gasteiger partial charge < -0.3 is 15.0 Å². The lowest BCUT2D eigenvalue weighted by molar-refractivity contribution is 0.139. The summed E-state index contributed by atoms with van der Waals surface area (Å²) < 4.78 is 5.11. The van der Waals surface area contributed by atoms with Crippen LogP contribution in [-0.4, -0.2) is 28.4 Å². The minimum absolute atomic E-state index is 0.299. The first kappa shape index (κ1) is 14.5. The second-order valence-corrected chi connectivity index (χ2v) is 5.17. The maximum Gasteiger partial charge on any atom is 0.407 e. The number of ether oxygens (including phenoxy) is 1. The van der Waals surface area contributed by atoms with E-state index >= 15 is 0 Å². The van der Waals surface area contributed by atoms with Crippen LogP contribution in [0.3, 0.4) is 0 Å². The number of imidazole rings is 1. The van der Waals surface area contributed by atoms with Crippen molar-refractivity contribution in [3.8, 4) is 0 Å². The smallest absolute Gasteiger partial charge is 0.407 e. The zero-order chi connectivity index (χ0) is 14.0. The molecular formula is C14H17N3O2S. The third kappa shape index (κ3) is 5.36. The minimum atomic E-state index is -0.378. The van der Waals surface area contributed by atoms with Gasteiger partial charge in [0.15, 0.2) is 5.16 Å². The van der Waals surface area contributed by atoms with E-state index in [0.717, 1.165) is 22.9 Å². The number of aromatic nitrogens is 2. The molecule has 106 valence electrons. The van der Waals surface area contributed by atoms with Gasteiger partial charge in [-0.05, 0) is 12.0 Å². The summed E-state index contributed by atoms with van der Waals surface area (Å²) in [6.07, 6.45) is 4.01. The zero-order valence-corrected chi connectivity index (χ0v) is 11.9. The van der Waals surface area contributed by atoms with Crippen LogP contribution in [0.4, 0.5) is 4.79 Å². The number of hydrogen-bond donors (Lipinski definition) is 2. The molecule has 0 radical (unpaired) electrons. The lowest BCUT2D eigenvalue weighted by atomic mass is 10.2. The van der Waals surface area contributed by atoms with Crippen molar-refractivity contribution in [1.82, 2.24) is 15.3 Å². The van der Waals surface area contributed by atoms with Gasteiger partial charge in [-0.15, -0.1) is 0 Å². The standard InChI is InChI=1S/C14H17N3O2S/c18-14(19-11-12-5-2-1-3-6-12)17-7-4-10-20-13-15-8-9-16-13/h1-3,5-6,8-9H,4,7,10-11H2,(H,15,16)(H,17,18). The average Bonchev–Trinajstić information content (AvgIpc) is 2.99. The van der Waals surface area contributed by atoms with E-state index in [-0.39, 0.29) is 6.09 Å². The van der Waals surface area contributed by atoms with E-state index < -0.39 is 0 Å². The molecule has 0 fully saturated rings. The van der Waals surface area contributed by atoms with E-state index in [4.69, 9.17) is 4.74 Å².